The minimum Gasteiger partial charge on any atom is -0.396 e. The number of hydrogen-bond donors (Lipinski definition) is 2. The quantitative estimate of drug-likeness (QED) is 0.831. The molecule has 1 aliphatic carbocycles. The second kappa shape index (κ2) is 6.93. The second-order valence-electron chi connectivity index (χ2n) is 7.99. The van der Waals surface area contributed by atoms with Crippen molar-refractivity contribution in [3.63, 3.8) is 0 Å². The van der Waals surface area contributed by atoms with Crippen LogP contribution in [0.1, 0.15) is 41.6 Å². The highest BCUT2D eigenvalue weighted by Gasteiger charge is 2.48. The van der Waals surface area contributed by atoms with Crippen molar-refractivity contribution in [2.75, 3.05) is 26.2 Å². The highest BCUT2D eigenvalue weighted by atomic mass is 16.3. The van der Waals surface area contributed by atoms with E-state index in [1.807, 2.05) is 18.2 Å². The summed E-state index contributed by atoms with van der Waals surface area (Å²) in [5, 5.41) is 13.3. The number of aliphatic hydroxyl groups is 1. The summed E-state index contributed by atoms with van der Waals surface area (Å²) in [4.78, 5) is 15.3. The molecular weight excluding hydrogens is 312 g/mol. The van der Waals surface area contributed by atoms with E-state index in [2.05, 4.69) is 28.4 Å². The Balaban J connectivity index is 1.52. The molecule has 1 fully saturated rings. The molecule has 0 radical (unpaired) electrons. The van der Waals surface area contributed by atoms with Gasteiger partial charge in [0.25, 0.3) is 5.91 Å². The van der Waals surface area contributed by atoms with Gasteiger partial charge in [0.05, 0.1) is 5.54 Å². The molecule has 4 heteroatoms. The van der Waals surface area contributed by atoms with E-state index in [0.717, 1.165) is 50.0 Å². The van der Waals surface area contributed by atoms with Gasteiger partial charge in [-0.15, -0.1) is 0 Å². The highest BCUT2D eigenvalue weighted by Crippen LogP contribution is 2.36. The van der Waals surface area contributed by atoms with Crippen LogP contribution in [0.5, 0.6) is 0 Å². The summed E-state index contributed by atoms with van der Waals surface area (Å²) in [5.41, 5.74) is 1.63. The van der Waals surface area contributed by atoms with Gasteiger partial charge in [0.2, 0.25) is 0 Å². The summed E-state index contributed by atoms with van der Waals surface area (Å²) >= 11 is 0. The van der Waals surface area contributed by atoms with Crippen molar-refractivity contribution in [2.45, 2.75) is 37.6 Å². The first-order valence-corrected chi connectivity index (χ1v) is 9.59. The number of carbonyl (C=O) groups excluding carboxylic acids is 1. The molecule has 1 spiro atoms. The first-order chi connectivity index (χ1) is 12.2. The normalized spacial score (nSPS) is 32.4. The third kappa shape index (κ3) is 3.25. The number of hydrogen-bond acceptors (Lipinski definition) is 3. The lowest BCUT2D eigenvalue weighted by Crippen LogP contribution is -2.54. The molecule has 2 aliphatic heterocycles. The fourth-order valence-electron chi connectivity index (χ4n) is 4.94. The van der Waals surface area contributed by atoms with Crippen LogP contribution in [0.15, 0.2) is 36.4 Å². The van der Waals surface area contributed by atoms with Crippen LogP contribution in [0.4, 0.5) is 0 Å². The second-order valence-corrected chi connectivity index (χ2v) is 7.99. The van der Waals surface area contributed by atoms with Gasteiger partial charge in [-0.2, -0.15) is 0 Å². The maximum absolute atomic E-state index is 12.8. The summed E-state index contributed by atoms with van der Waals surface area (Å²) < 4.78 is 0. The summed E-state index contributed by atoms with van der Waals surface area (Å²) in [6.07, 6.45) is 9.97. The van der Waals surface area contributed by atoms with Crippen LogP contribution in [-0.4, -0.2) is 47.7 Å². The number of allylic oxidation sites excluding steroid dienone is 2. The van der Waals surface area contributed by atoms with Crippen molar-refractivity contribution in [1.82, 2.24) is 10.2 Å². The first-order valence-electron chi connectivity index (χ1n) is 9.59. The molecule has 3 atom stereocenters. The lowest BCUT2D eigenvalue weighted by molar-refractivity contribution is 0.0846. The van der Waals surface area contributed by atoms with Crippen molar-refractivity contribution >= 4 is 5.91 Å². The maximum atomic E-state index is 12.8. The van der Waals surface area contributed by atoms with E-state index in [-0.39, 0.29) is 24.0 Å². The minimum atomic E-state index is -0.296. The van der Waals surface area contributed by atoms with E-state index in [9.17, 15) is 9.90 Å². The monoisotopic (exact) mass is 340 g/mol. The van der Waals surface area contributed by atoms with E-state index in [4.69, 9.17) is 0 Å². The molecule has 2 N–H and O–H groups in total. The number of rotatable bonds is 3. The Labute approximate surface area is 149 Å². The Kier molecular flexibility index (Phi) is 4.65. The van der Waals surface area contributed by atoms with Crippen LogP contribution in [0.25, 0.3) is 0 Å². The molecule has 25 heavy (non-hydrogen) atoms. The number of likely N-dealkylation sites (tertiary alicyclic amines) is 1. The Bertz CT molecular complexity index is 672. The zero-order chi connectivity index (χ0) is 17.3. The molecule has 1 saturated heterocycles. The summed E-state index contributed by atoms with van der Waals surface area (Å²) in [5.74, 6) is 0.845. The van der Waals surface area contributed by atoms with Crippen molar-refractivity contribution in [3.05, 3.63) is 47.5 Å². The smallest absolute Gasteiger partial charge is 0.252 e. The summed E-state index contributed by atoms with van der Waals surface area (Å²) in [7, 11) is 0. The number of benzene rings is 1. The lowest BCUT2D eigenvalue weighted by atomic mass is 9.83. The topological polar surface area (TPSA) is 52.6 Å². The largest absolute Gasteiger partial charge is 0.396 e. The predicted molar refractivity (Wildman–Crippen MR) is 98.5 cm³/mol. The van der Waals surface area contributed by atoms with Gasteiger partial charge in [0, 0.05) is 37.7 Å². The molecule has 4 rings (SSSR count). The Morgan fingerprint density at radius 1 is 1.28 bits per heavy atom. The fraction of sp³-hybridized carbons (Fsp3) is 0.571. The van der Waals surface area contributed by atoms with E-state index >= 15 is 0 Å². The van der Waals surface area contributed by atoms with E-state index < -0.39 is 0 Å². The third-order valence-electron chi connectivity index (χ3n) is 6.35. The molecular formula is C21H28N2O2. The lowest BCUT2D eigenvalue weighted by Gasteiger charge is -2.34. The molecule has 3 aliphatic rings. The zero-order valence-corrected chi connectivity index (χ0v) is 14.8. The molecule has 0 bridgehead atoms. The number of fused-ring (bicyclic) bond motifs is 1. The Hall–Kier alpha value is -1.65. The molecule has 1 amide bonds. The van der Waals surface area contributed by atoms with Crippen LogP contribution in [0.3, 0.4) is 0 Å². The third-order valence-corrected chi connectivity index (χ3v) is 6.35. The molecule has 134 valence electrons. The van der Waals surface area contributed by atoms with Crippen LogP contribution < -0.4 is 5.32 Å². The molecule has 0 saturated carbocycles. The molecule has 1 aromatic rings. The van der Waals surface area contributed by atoms with Gasteiger partial charge < -0.3 is 15.3 Å². The standard InChI is InChI=1S/C21H28N2O2/c24-14-18-13-23(12-16-6-2-1-3-7-16)15-21(18)11-10-17-8-4-5-9-19(17)20(25)22-21/h1-2,4-5,8-9,16,18,24H,3,6-7,10-15H2,(H,22,25)/t16?,18-,21+/m0/s1. The fourth-order valence-corrected chi connectivity index (χ4v) is 4.94. The molecule has 2 heterocycles. The molecule has 1 unspecified atom stereocenters. The van der Waals surface area contributed by atoms with Crippen LogP contribution in [-0.2, 0) is 6.42 Å². The van der Waals surface area contributed by atoms with Gasteiger partial charge in [-0.3, -0.25) is 4.79 Å². The molecule has 4 nitrogen and oxygen atoms in total. The van der Waals surface area contributed by atoms with Gasteiger partial charge >= 0.3 is 0 Å². The van der Waals surface area contributed by atoms with Crippen LogP contribution in [0, 0.1) is 11.8 Å². The average molecular weight is 340 g/mol. The van der Waals surface area contributed by atoms with Gasteiger partial charge in [0.1, 0.15) is 0 Å². The van der Waals surface area contributed by atoms with E-state index in [1.54, 1.807) is 0 Å². The van der Waals surface area contributed by atoms with E-state index in [1.165, 1.54) is 12.8 Å². The van der Waals surface area contributed by atoms with Crippen molar-refractivity contribution in [1.29, 1.82) is 0 Å². The average Bonchev–Trinajstić information content (AvgIpc) is 2.90. The number of aryl methyl sites for hydroxylation is 1. The number of amides is 1. The number of nitrogens with one attached hydrogen (secondary N) is 1. The van der Waals surface area contributed by atoms with Crippen LogP contribution >= 0.6 is 0 Å². The highest BCUT2D eigenvalue weighted by molar-refractivity contribution is 5.96. The first kappa shape index (κ1) is 16.8. The van der Waals surface area contributed by atoms with E-state index in [0.29, 0.717) is 5.92 Å². The van der Waals surface area contributed by atoms with Crippen LogP contribution in [0.2, 0.25) is 0 Å². The summed E-state index contributed by atoms with van der Waals surface area (Å²) in [6, 6.07) is 7.91. The van der Waals surface area contributed by atoms with Gasteiger partial charge in [0.15, 0.2) is 0 Å². The Morgan fingerprint density at radius 2 is 2.16 bits per heavy atom. The van der Waals surface area contributed by atoms with Gasteiger partial charge in [-0.25, -0.2) is 0 Å². The van der Waals surface area contributed by atoms with Crippen molar-refractivity contribution < 1.29 is 9.90 Å². The minimum absolute atomic E-state index is 0.0222. The van der Waals surface area contributed by atoms with Gasteiger partial charge in [-0.05, 0) is 49.7 Å². The summed E-state index contributed by atoms with van der Waals surface area (Å²) in [6.45, 7) is 2.95. The number of nitrogens with zero attached hydrogens (tertiary/aromatic N) is 1. The molecule has 1 aromatic carbocycles. The number of carbonyl (C=O) groups is 1. The van der Waals surface area contributed by atoms with Crippen molar-refractivity contribution in [2.24, 2.45) is 11.8 Å². The zero-order valence-electron chi connectivity index (χ0n) is 14.8. The Morgan fingerprint density at radius 3 is 2.96 bits per heavy atom. The maximum Gasteiger partial charge on any atom is 0.252 e. The van der Waals surface area contributed by atoms with Gasteiger partial charge in [-0.1, -0.05) is 30.4 Å². The molecule has 0 aromatic heterocycles. The van der Waals surface area contributed by atoms with Crippen molar-refractivity contribution in [3.8, 4) is 0 Å². The number of aliphatic hydroxyl groups excluding tert-OH is 1. The SMILES string of the molecule is O=C1N[C@]2(CCc3ccccc31)CN(CC1CC=CCC1)C[C@H]2CO. The predicted octanol–water partition coefficient (Wildman–Crippen LogP) is 2.38.